The van der Waals surface area contributed by atoms with Crippen LogP contribution in [0.15, 0.2) is 18.2 Å². The van der Waals surface area contributed by atoms with Crippen LogP contribution in [0.1, 0.15) is 24.4 Å². The lowest BCUT2D eigenvalue weighted by Gasteiger charge is -2.36. The predicted octanol–water partition coefficient (Wildman–Crippen LogP) is 1.90. The smallest absolute Gasteiger partial charge is 0.303 e. The molecule has 1 unspecified atom stereocenters. The Morgan fingerprint density at radius 3 is 2.85 bits per heavy atom. The Balaban J connectivity index is 1.96. The molecule has 1 aliphatic heterocycles. The number of rotatable bonds is 6. The summed E-state index contributed by atoms with van der Waals surface area (Å²) in [7, 11) is 2.03. The maximum Gasteiger partial charge on any atom is 0.303 e. The van der Waals surface area contributed by atoms with Crippen molar-refractivity contribution in [2.45, 2.75) is 25.0 Å². The number of likely N-dealkylation sites (N-methyl/N-ethyl adjacent to an activating group) is 1. The molecule has 2 rings (SSSR count). The van der Waals surface area contributed by atoms with E-state index in [1.54, 1.807) is 12.1 Å². The number of benzene rings is 1. The molecule has 3 N–H and O–H groups in total. The molecule has 110 valence electrons. The van der Waals surface area contributed by atoms with Crippen molar-refractivity contribution in [1.82, 2.24) is 4.90 Å². The average Bonchev–Trinajstić information content (AvgIpc) is 2.36. The molecule has 0 spiro atoms. The summed E-state index contributed by atoms with van der Waals surface area (Å²) in [6, 6.07) is 5.07. The quantitative estimate of drug-likeness (QED) is 0.839. The van der Waals surface area contributed by atoms with Crippen molar-refractivity contribution in [3.05, 3.63) is 28.8 Å². The number of likely N-dealkylation sites (tertiary alicyclic amines) is 1. The van der Waals surface area contributed by atoms with E-state index in [9.17, 15) is 4.79 Å². The zero-order valence-electron chi connectivity index (χ0n) is 11.4. The van der Waals surface area contributed by atoms with Crippen molar-refractivity contribution >= 4 is 17.6 Å². The van der Waals surface area contributed by atoms with Gasteiger partial charge in [-0.25, -0.2) is 0 Å². The molecule has 5 nitrogen and oxygen atoms in total. The third kappa shape index (κ3) is 3.85. The first-order valence-corrected chi connectivity index (χ1v) is 6.95. The monoisotopic (exact) mass is 298 g/mol. The minimum atomic E-state index is -0.847. The second-order valence-corrected chi connectivity index (χ2v) is 5.60. The molecule has 0 saturated carbocycles. The number of nitrogens with zero attached hydrogens (tertiary/aromatic N) is 1. The lowest BCUT2D eigenvalue weighted by molar-refractivity contribution is -0.137. The summed E-state index contributed by atoms with van der Waals surface area (Å²) in [5.74, 6) is -0.195. The highest BCUT2D eigenvalue weighted by molar-refractivity contribution is 6.32. The van der Waals surface area contributed by atoms with Crippen LogP contribution in [-0.2, 0) is 4.79 Å². The van der Waals surface area contributed by atoms with E-state index < -0.39 is 5.97 Å². The molecule has 1 aromatic carbocycles. The molecule has 0 bridgehead atoms. The van der Waals surface area contributed by atoms with Gasteiger partial charge >= 0.3 is 5.97 Å². The highest BCUT2D eigenvalue weighted by Crippen LogP contribution is 2.30. The topological polar surface area (TPSA) is 75.8 Å². The summed E-state index contributed by atoms with van der Waals surface area (Å²) in [5.41, 5.74) is 6.78. The summed E-state index contributed by atoms with van der Waals surface area (Å²) < 4.78 is 5.78. The molecule has 0 aliphatic carbocycles. The fourth-order valence-corrected chi connectivity index (χ4v) is 2.42. The standard InChI is InChI=1S/C14H19ClN2O3/c1-17-7-10(8-17)20-13-4-2-9(6-11(13)15)12(16)3-5-14(18)19/h2,4,6,10,12H,3,5,7-8,16H2,1H3,(H,18,19). The molecule has 0 radical (unpaired) electrons. The van der Waals surface area contributed by atoms with Gasteiger partial charge in [0, 0.05) is 25.6 Å². The predicted molar refractivity (Wildman–Crippen MR) is 77.2 cm³/mol. The van der Waals surface area contributed by atoms with E-state index in [1.165, 1.54) is 0 Å². The van der Waals surface area contributed by atoms with E-state index in [0.717, 1.165) is 18.7 Å². The number of ether oxygens (including phenoxy) is 1. The second-order valence-electron chi connectivity index (χ2n) is 5.19. The van der Waals surface area contributed by atoms with Crippen LogP contribution in [0.5, 0.6) is 5.75 Å². The molecule has 1 atom stereocenters. The van der Waals surface area contributed by atoms with Gasteiger partial charge in [-0.1, -0.05) is 17.7 Å². The maximum absolute atomic E-state index is 10.5. The van der Waals surface area contributed by atoms with E-state index in [-0.39, 0.29) is 18.6 Å². The van der Waals surface area contributed by atoms with Gasteiger partial charge < -0.3 is 15.6 Å². The number of halogens is 1. The Bertz CT molecular complexity index is 489. The molecule has 0 aromatic heterocycles. The fraction of sp³-hybridized carbons (Fsp3) is 0.500. The molecule has 1 aromatic rings. The van der Waals surface area contributed by atoms with Crippen LogP contribution >= 0.6 is 11.6 Å². The van der Waals surface area contributed by atoms with Crippen LogP contribution in [0.3, 0.4) is 0 Å². The van der Waals surface area contributed by atoms with E-state index in [0.29, 0.717) is 17.2 Å². The van der Waals surface area contributed by atoms with Crippen molar-refractivity contribution in [3.8, 4) is 5.75 Å². The second kappa shape index (κ2) is 6.43. The molecular weight excluding hydrogens is 280 g/mol. The Morgan fingerprint density at radius 1 is 1.60 bits per heavy atom. The van der Waals surface area contributed by atoms with E-state index in [4.69, 9.17) is 27.2 Å². The van der Waals surface area contributed by atoms with Gasteiger partial charge in [0.1, 0.15) is 11.9 Å². The first-order valence-electron chi connectivity index (χ1n) is 6.57. The van der Waals surface area contributed by atoms with Crippen LogP contribution < -0.4 is 10.5 Å². The third-order valence-corrected chi connectivity index (χ3v) is 3.67. The van der Waals surface area contributed by atoms with Crippen LogP contribution in [0, 0.1) is 0 Å². The van der Waals surface area contributed by atoms with Gasteiger partial charge in [-0.05, 0) is 31.2 Å². The Morgan fingerprint density at radius 2 is 2.30 bits per heavy atom. The van der Waals surface area contributed by atoms with Crippen molar-refractivity contribution in [2.75, 3.05) is 20.1 Å². The van der Waals surface area contributed by atoms with Crippen molar-refractivity contribution < 1.29 is 14.6 Å². The molecule has 1 heterocycles. The SMILES string of the molecule is CN1CC(Oc2ccc(C(N)CCC(=O)O)cc2Cl)C1. The van der Waals surface area contributed by atoms with Gasteiger partial charge in [0.15, 0.2) is 0 Å². The average molecular weight is 299 g/mol. The van der Waals surface area contributed by atoms with Gasteiger partial charge in [-0.15, -0.1) is 0 Å². The summed E-state index contributed by atoms with van der Waals surface area (Å²) in [6.45, 7) is 1.80. The van der Waals surface area contributed by atoms with Crippen LogP contribution in [0.25, 0.3) is 0 Å². The van der Waals surface area contributed by atoms with E-state index >= 15 is 0 Å². The Hall–Kier alpha value is -1.30. The lowest BCUT2D eigenvalue weighted by atomic mass is 10.0. The molecule has 0 amide bonds. The maximum atomic E-state index is 10.5. The molecular formula is C14H19ClN2O3. The number of hydrogen-bond donors (Lipinski definition) is 2. The zero-order valence-corrected chi connectivity index (χ0v) is 12.1. The number of carbonyl (C=O) groups is 1. The summed E-state index contributed by atoms with van der Waals surface area (Å²) in [4.78, 5) is 12.7. The van der Waals surface area contributed by atoms with Crippen molar-refractivity contribution in [3.63, 3.8) is 0 Å². The van der Waals surface area contributed by atoms with Crippen LogP contribution in [-0.4, -0.2) is 42.2 Å². The van der Waals surface area contributed by atoms with Crippen molar-refractivity contribution in [1.29, 1.82) is 0 Å². The van der Waals surface area contributed by atoms with Gasteiger partial charge in [-0.3, -0.25) is 9.69 Å². The van der Waals surface area contributed by atoms with Gasteiger partial charge in [-0.2, -0.15) is 0 Å². The summed E-state index contributed by atoms with van der Waals surface area (Å²) in [6.07, 6.45) is 0.620. The number of hydrogen-bond acceptors (Lipinski definition) is 4. The Labute approximate surface area is 123 Å². The summed E-state index contributed by atoms with van der Waals surface area (Å²) in [5, 5.41) is 9.17. The molecule has 1 aliphatic rings. The molecule has 20 heavy (non-hydrogen) atoms. The molecule has 1 saturated heterocycles. The van der Waals surface area contributed by atoms with E-state index in [1.807, 2.05) is 13.1 Å². The summed E-state index contributed by atoms with van der Waals surface area (Å²) >= 11 is 6.19. The lowest BCUT2D eigenvalue weighted by Crippen LogP contribution is -2.51. The van der Waals surface area contributed by atoms with Crippen LogP contribution in [0.4, 0.5) is 0 Å². The minimum absolute atomic E-state index is 0.0471. The van der Waals surface area contributed by atoms with Crippen LogP contribution in [0.2, 0.25) is 5.02 Å². The first kappa shape index (κ1) is 15.1. The van der Waals surface area contributed by atoms with Crippen molar-refractivity contribution in [2.24, 2.45) is 5.73 Å². The number of carboxylic acids is 1. The fourth-order valence-electron chi connectivity index (χ4n) is 2.18. The first-order chi connectivity index (χ1) is 9.45. The van der Waals surface area contributed by atoms with Gasteiger partial charge in [0.2, 0.25) is 0 Å². The number of aliphatic carboxylic acids is 1. The molecule has 1 fully saturated rings. The highest BCUT2D eigenvalue weighted by Gasteiger charge is 2.25. The normalized spacial score (nSPS) is 17.6. The number of carboxylic acid groups (broad SMARTS) is 1. The van der Waals surface area contributed by atoms with Gasteiger partial charge in [0.25, 0.3) is 0 Å². The van der Waals surface area contributed by atoms with E-state index in [2.05, 4.69) is 4.90 Å². The zero-order chi connectivity index (χ0) is 14.7. The highest BCUT2D eigenvalue weighted by atomic mass is 35.5. The third-order valence-electron chi connectivity index (χ3n) is 3.38. The minimum Gasteiger partial charge on any atom is -0.486 e. The van der Waals surface area contributed by atoms with Gasteiger partial charge in [0.05, 0.1) is 5.02 Å². The Kier molecular flexibility index (Phi) is 4.86. The number of nitrogens with two attached hydrogens (primary N) is 1. The largest absolute Gasteiger partial charge is 0.486 e. The molecule has 6 heteroatoms.